The van der Waals surface area contributed by atoms with E-state index >= 15 is 0 Å². The lowest BCUT2D eigenvalue weighted by molar-refractivity contribution is -0.730. The van der Waals surface area contributed by atoms with E-state index in [4.69, 9.17) is 14.3 Å². The van der Waals surface area contributed by atoms with Crippen molar-refractivity contribution in [1.29, 1.82) is 0 Å². The number of nitrogens with zero attached hydrogens (tertiary/aromatic N) is 5. The van der Waals surface area contributed by atoms with Gasteiger partial charge in [0.05, 0.1) is 27.8 Å². The molecule has 0 saturated carbocycles. The van der Waals surface area contributed by atoms with Crippen LogP contribution >= 0.6 is 0 Å². The molecular weight excluding hydrogens is 637 g/mol. The number of benzene rings is 2. The molecule has 2 heterocycles. The van der Waals surface area contributed by atoms with Crippen LogP contribution in [0.4, 0.5) is 18.0 Å². The Labute approximate surface area is 261 Å². The molecule has 0 spiro atoms. The molecule has 0 bridgehead atoms. The maximum Gasteiger partial charge on any atom is 0.511 e. The summed E-state index contributed by atoms with van der Waals surface area (Å²) < 4.78 is 79.2. The van der Waals surface area contributed by atoms with E-state index in [1.165, 1.54) is 19.1 Å². The summed E-state index contributed by atoms with van der Waals surface area (Å²) >= 11 is 0. The average Bonchev–Trinajstić information content (AvgIpc) is 3.37. The van der Waals surface area contributed by atoms with E-state index in [9.17, 15) is 36.4 Å². The van der Waals surface area contributed by atoms with Crippen molar-refractivity contribution in [2.24, 2.45) is 5.28 Å². The van der Waals surface area contributed by atoms with Gasteiger partial charge < -0.3 is 14.7 Å². The van der Waals surface area contributed by atoms with Crippen molar-refractivity contribution in [3.8, 4) is 16.9 Å². The molecule has 3 aromatic rings. The first-order valence-electron chi connectivity index (χ1n) is 13.8. The van der Waals surface area contributed by atoms with Crippen LogP contribution in [0.2, 0.25) is 0 Å². The molecule has 1 amide bonds. The number of halogens is 3. The van der Waals surface area contributed by atoms with Crippen molar-refractivity contribution >= 4 is 22.1 Å². The van der Waals surface area contributed by atoms with Gasteiger partial charge in [0.25, 0.3) is 22.2 Å². The summed E-state index contributed by atoms with van der Waals surface area (Å²) in [5.74, 6) is -1.03. The van der Waals surface area contributed by atoms with E-state index in [-0.39, 0.29) is 34.2 Å². The van der Waals surface area contributed by atoms with Gasteiger partial charge in [-0.05, 0) is 58.0 Å². The number of rotatable bonds is 9. The third kappa shape index (κ3) is 8.23. The molecule has 1 saturated heterocycles. The fourth-order valence-corrected chi connectivity index (χ4v) is 5.11. The van der Waals surface area contributed by atoms with Gasteiger partial charge in [0.1, 0.15) is 5.60 Å². The SMILES string of the molecule is Cc1ccc(-c2cc(C(F)(F)F)nn2-c2ccc(S(=O)(=O)NC(=O)[C@@H]3CCN3[N+]([O-])=NOC(C)OC(=O)OC(C)(C)C)cc2)cc1. The summed E-state index contributed by atoms with van der Waals surface area (Å²) in [4.78, 5) is 28.8. The highest BCUT2D eigenvalue weighted by molar-refractivity contribution is 7.90. The number of aryl methyl sites for hydroxylation is 1. The molecule has 1 N–H and O–H groups in total. The summed E-state index contributed by atoms with van der Waals surface area (Å²) in [6.45, 7) is 7.99. The molecule has 248 valence electrons. The molecule has 2 aromatic carbocycles. The summed E-state index contributed by atoms with van der Waals surface area (Å²) in [5.41, 5.74) is -0.342. The first-order chi connectivity index (χ1) is 21.3. The Bertz CT molecular complexity index is 1720. The maximum absolute atomic E-state index is 13.5. The predicted molar refractivity (Wildman–Crippen MR) is 153 cm³/mol. The molecule has 1 aliphatic heterocycles. The minimum Gasteiger partial charge on any atom is -0.569 e. The van der Waals surface area contributed by atoms with E-state index in [1.807, 2.05) is 11.6 Å². The van der Waals surface area contributed by atoms with Crippen molar-refractivity contribution in [3.05, 3.63) is 71.1 Å². The van der Waals surface area contributed by atoms with Crippen LogP contribution < -0.4 is 4.72 Å². The van der Waals surface area contributed by atoms with Crippen LogP contribution in [0, 0.1) is 12.1 Å². The summed E-state index contributed by atoms with van der Waals surface area (Å²) in [5, 5.41) is 20.1. The van der Waals surface area contributed by atoms with Crippen LogP contribution in [0.25, 0.3) is 16.9 Å². The van der Waals surface area contributed by atoms with E-state index in [2.05, 4.69) is 10.4 Å². The summed E-state index contributed by atoms with van der Waals surface area (Å²) in [6, 6.07) is 11.1. The van der Waals surface area contributed by atoms with Gasteiger partial charge in [-0.1, -0.05) is 29.8 Å². The number of alkyl halides is 3. The average molecular weight is 669 g/mol. The summed E-state index contributed by atoms with van der Waals surface area (Å²) in [6.07, 6.45) is -6.99. The highest BCUT2D eigenvalue weighted by Gasteiger charge is 2.42. The molecular formula is C28H31F3N6O8S. The zero-order valence-electron chi connectivity index (χ0n) is 25.3. The smallest absolute Gasteiger partial charge is 0.511 e. The molecule has 14 nitrogen and oxygen atoms in total. The molecule has 2 atom stereocenters. The van der Waals surface area contributed by atoms with Crippen LogP contribution in [-0.4, -0.2) is 64.7 Å². The van der Waals surface area contributed by atoms with Crippen LogP contribution in [-0.2, 0) is 35.3 Å². The van der Waals surface area contributed by atoms with Gasteiger partial charge in [0.2, 0.25) is 5.28 Å². The van der Waals surface area contributed by atoms with Crippen molar-refractivity contribution in [2.75, 3.05) is 6.54 Å². The van der Waals surface area contributed by atoms with Gasteiger partial charge in [0.15, 0.2) is 11.7 Å². The third-order valence-corrected chi connectivity index (χ3v) is 7.77. The third-order valence-electron chi connectivity index (χ3n) is 6.40. The number of ether oxygens (including phenoxy) is 2. The number of sulfonamides is 1. The first kappa shape index (κ1) is 34.0. The second-order valence-electron chi connectivity index (χ2n) is 11.2. The first-order valence-corrected chi connectivity index (χ1v) is 15.2. The Morgan fingerprint density at radius 3 is 2.28 bits per heavy atom. The molecule has 46 heavy (non-hydrogen) atoms. The normalized spacial score (nSPS) is 16.3. The molecule has 4 rings (SSSR count). The van der Waals surface area contributed by atoms with Crippen LogP contribution in [0.15, 0.2) is 64.8 Å². The summed E-state index contributed by atoms with van der Waals surface area (Å²) in [7, 11) is -4.46. The highest BCUT2D eigenvalue weighted by Crippen LogP contribution is 2.33. The fourth-order valence-electron chi connectivity index (χ4n) is 4.10. The lowest BCUT2D eigenvalue weighted by Gasteiger charge is -2.34. The lowest BCUT2D eigenvalue weighted by Crippen LogP contribution is -2.59. The zero-order valence-corrected chi connectivity index (χ0v) is 26.1. The zero-order chi connectivity index (χ0) is 34.0. The number of hydrogen-bond acceptors (Lipinski definition) is 10. The predicted octanol–water partition coefficient (Wildman–Crippen LogP) is 4.85. The van der Waals surface area contributed by atoms with Crippen molar-refractivity contribution in [3.63, 3.8) is 0 Å². The van der Waals surface area contributed by atoms with Gasteiger partial charge in [-0.2, -0.15) is 18.3 Å². The molecule has 1 unspecified atom stereocenters. The number of carbonyl (C=O) groups excluding carboxylic acids is 2. The maximum atomic E-state index is 13.5. The van der Waals surface area contributed by atoms with E-state index < -0.39 is 51.9 Å². The van der Waals surface area contributed by atoms with Crippen LogP contribution in [0.5, 0.6) is 0 Å². The minimum atomic E-state index is -4.72. The topological polar surface area (TPSA) is 167 Å². The minimum absolute atomic E-state index is 0.0393. The Kier molecular flexibility index (Phi) is 9.51. The Morgan fingerprint density at radius 2 is 1.74 bits per heavy atom. The molecule has 1 aromatic heterocycles. The van der Waals surface area contributed by atoms with Crippen LogP contribution in [0.1, 0.15) is 45.4 Å². The van der Waals surface area contributed by atoms with Gasteiger partial charge in [0, 0.05) is 18.9 Å². The highest BCUT2D eigenvalue weighted by atomic mass is 32.2. The van der Waals surface area contributed by atoms with Crippen molar-refractivity contribution in [2.45, 2.75) is 70.0 Å². The molecule has 1 aliphatic rings. The number of nitrogens with one attached hydrogen (secondary N) is 1. The van der Waals surface area contributed by atoms with Gasteiger partial charge in [-0.25, -0.2) is 22.6 Å². The molecule has 1 fully saturated rings. The largest absolute Gasteiger partial charge is 0.569 e. The second-order valence-corrected chi connectivity index (χ2v) is 12.9. The quantitative estimate of drug-likeness (QED) is 0.109. The Hall–Kier alpha value is -4.87. The van der Waals surface area contributed by atoms with Gasteiger partial charge in [-0.15, -0.1) is 5.01 Å². The number of hydrazine groups is 1. The van der Waals surface area contributed by atoms with Crippen LogP contribution in [0.3, 0.4) is 0 Å². The Balaban J connectivity index is 1.44. The Morgan fingerprint density at radius 1 is 1.11 bits per heavy atom. The van der Waals surface area contributed by atoms with E-state index in [0.29, 0.717) is 5.56 Å². The lowest BCUT2D eigenvalue weighted by atomic mass is 10.1. The monoisotopic (exact) mass is 668 g/mol. The molecule has 18 heteroatoms. The van der Waals surface area contributed by atoms with E-state index in [0.717, 1.165) is 33.5 Å². The van der Waals surface area contributed by atoms with Gasteiger partial charge in [-0.3, -0.25) is 9.63 Å². The number of aromatic nitrogens is 2. The number of amides is 1. The van der Waals surface area contributed by atoms with Gasteiger partial charge >= 0.3 is 12.3 Å². The van der Waals surface area contributed by atoms with E-state index in [1.54, 1.807) is 45.0 Å². The second kappa shape index (κ2) is 12.9. The number of hydrogen-bond donors (Lipinski definition) is 1. The molecule has 0 aliphatic carbocycles. The number of carbonyl (C=O) groups is 2. The fraction of sp³-hybridized carbons (Fsp3) is 0.393. The molecule has 0 radical (unpaired) electrons. The van der Waals surface area contributed by atoms with Crippen molar-refractivity contribution in [1.82, 2.24) is 19.5 Å². The van der Waals surface area contributed by atoms with Crippen molar-refractivity contribution < 1.29 is 50.5 Å². The standard InChI is InChI=1S/C28H31F3N6O8S/c1-17-6-8-19(9-7-17)23-16-24(28(29,30)31)32-36(23)20-10-12-21(13-11-20)46(41,42)33-25(38)22-14-15-35(22)37(40)34-45-18(2)43-26(39)44-27(3,4)5/h6-13,16,18,22H,14-15H2,1-5H3,(H,33,38)/t18?,22-/m0/s1.